The van der Waals surface area contributed by atoms with E-state index in [4.69, 9.17) is 4.74 Å². The first-order chi connectivity index (χ1) is 8.88. The quantitative estimate of drug-likeness (QED) is 0.667. The molecule has 1 rings (SSSR count). The topological polar surface area (TPSA) is 70.6 Å². The summed E-state index contributed by atoms with van der Waals surface area (Å²) >= 11 is 0. The molecule has 1 saturated carbocycles. The zero-order valence-electron chi connectivity index (χ0n) is 12.4. The van der Waals surface area contributed by atoms with Crippen LogP contribution >= 0.6 is 0 Å². The molecule has 112 valence electrons. The molecule has 2 atom stereocenters. The number of carbonyl (C=O) groups is 1. The van der Waals surface area contributed by atoms with Crippen molar-refractivity contribution in [1.82, 2.24) is 10.6 Å². The monoisotopic (exact) mass is 272 g/mol. The fourth-order valence-corrected chi connectivity index (χ4v) is 2.23. The molecule has 5 nitrogen and oxygen atoms in total. The van der Waals surface area contributed by atoms with Gasteiger partial charge in [-0.1, -0.05) is 12.8 Å². The maximum absolute atomic E-state index is 11.4. The summed E-state index contributed by atoms with van der Waals surface area (Å²) in [6.07, 6.45) is 4.50. The summed E-state index contributed by atoms with van der Waals surface area (Å²) in [5, 5.41) is 15.9. The number of aliphatic hydroxyl groups excluding tert-OH is 1. The van der Waals surface area contributed by atoms with E-state index in [1.165, 1.54) is 6.42 Å². The molecular weight excluding hydrogens is 244 g/mol. The van der Waals surface area contributed by atoms with Gasteiger partial charge < -0.3 is 20.5 Å². The van der Waals surface area contributed by atoms with Crippen molar-refractivity contribution in [3.63, 3.8) is 0 Å². The van der Waals surface area contributed by atoms with Crippen LogP contribution in [0.5, 0.6) is 0 Å². The van der Waals surface area contributed by atoms with Crippen LogP contribution in [-0.4, -0.2) is 42.0 Å². The number of aliphatic hydroxyl groups is 1. The lowest BCUT2D eigenvalue weighted by molar-refractivity contribution is 0.0525. The Labute approximate surface area is 116 Å². The molecule has 1 aliphatic carbocycles. The second-order valence-electron chi connectivity index (χ2n) is 6.19. The molecule has 19 heavy (non-hydrogen) atoms. The minimum absolute atomic E-state index is 0.215. The van der Waals surface area contributed by atoms with Gasteiger partial charge in [0.1, 0.15) is 5.60 Å². The Balaban J connectivity index is 2.03. The van der Waals surface area contributed by atoms with Gasteiger partial charge in [-0.15, -0.1) is 0 Å². The van der Waals surface area contributed by atoms with Crippen LogP contribution in [0.2, 0.25) is 0 Å². The van der Waals surface area contributed by atoms with Crippen molar-refractivity contribution in [2.75, 3.05) is 13.1 Å². The number of carbonyl (C=O) groups excluding carboxylic acids is 1. The zero-order valence-corrected chi connectivity index (χ0v) is 12.4. The van der Waals surface area contributed by atoms with Crippen molar-refractivity contribution < 1.29 is 14.6 Å². The van der Waals surface area contributed by atoms with Gasteiger partial charge >= 0.3 is 6.09 Å². The van der Waals surface area contributed by atoms with Crippen LogP contribution in [0.15, 0.2) is 0 Å². The van der Waals surface area contributed by atoms with Crippen LogP contribution in [-0.2, 0) is 4.74 Å². The number of rotatable bonds is 5. The highest BCUT2D eigenvalue weighted by atomic mass is 16.6. The molecular formula is C14H28N2O3. The standard InChI is InChI=1S/C14H28N2O3/c1-14(2,3)19-13(18)16-10-6-9-15-11-7-4-5-8-12(11)17/h11-12,15,17H,4-10H2,1-3H3,(H,16,18). The minimum atomic E-state index is -0.450. The third-order valence-corrected chi connectivity index (χ3v) is 3.16. The Kier molecular flexibility index (Phi) is 6.58. The summed E-state index contributed by atoms with van der Waals surface area (Å²) < 4.78 is 5.14. The van der Waals surface area contributed by atoms with Crippen LogP contribution in [0, 0.1) is 0 Å². The average Bonchev–Trinajstić information content (AvgIpc) is 2.28. The number of amides is 1. The van der Waals surface area contributed by atoms with Gasteiger partial charge in [0.2, 0.25) is 0 Å². The SMILES string of the molecule is CC(C)(C)OC(=O)NCCCNC1CCCCC1O. The molecule has 0 aromatic carbocycles. The third kappa shape index (κ3) is 7.38. The van der Waals surface area contributed by atoms with Gasteiger partial charge in [-0.2, -0.15) is 0 Å². The van der Waals surface area contributed by atoms with Gasteiger partial charge in [0.25, 0.3) is 0 Å². The molecule has 0 aliphatic heterocycles. The highest BCUT2D eigenvalue weighted by molar-refractivity contribution is 5.67. The Hall–Kier alpha value is -0.810. The highest BCUT2D eigenvalue weighted by Crippen LogP contribution is 2.18. The second kappa shape index (κ2) is 7.70. The Morgan fingerprint density at radius 1 is 1.26 bits per heavy atom. The van der Waals surface area contributed by atoms with Gasteiger partial charge in [0.05, 0.1) is 6.10 Å². The molecule has 1 amide bonds. The number of ether oxygens (including phenoxy) is 1. The number of hydrogen-bond donors (Lipinski definition) is 3. The van der Waals surface area contributed by atoms with Crippen LogP contribution in [0.3, 0.4) is 0 Å². The minimum Gasteiger partial charge on any atom is -0.444 e. The Bertz CT molecular complexity index is 276. The predicted octanol–water partition coefficient (Wildman–Crippen LogP) is 1.79. The summed E-state index contributed by atoms with van der Waals surface area (Å²) in [5.74, 6) is 0. The van der Waals surface area contributed by atoms with Crippen molar-refractivity contribution >= 4 is 6.09 Å². The van der Waals surface area contributed by atoms with Crippen LogP contribution < -0.4 is 10.6 Å². The van der Waals surface area contributed by atoms with E-state index >= 15 is 0 Å². The van der Waals surface area contributed by atoms with Crippen LogP contribution in [0.25, 0.3) is 0 Å². The van der Waals surface area contributed by atoms with Crippen LogP contribution in [0.4, 0.5) is 4.79 Å². The molecule has 2 unspecified atom stereocenters. The first-order valence-corrected chi connectivity index (χ1v) is 7.27. The summed E-state index contributed by atoms with van der Waals surface area (Å²) in [7, 11) is 0. The maximum atomic E-state index is 11.4. The van der Waals surface area contributed by atoms with E-state index in [1.807, 2.05) is 20.8 Å². The molecule has 0 aromatic rings. The second-order valence-corrected chi connectivity index (χ2v) is 6.19. The third-order valence-electron chi connectivity index (χ3n) is 3.16. The normalized spacial score (nSPS) is 24.0. The van der Waals surface area contributed by atoms with Gasteiger partial charge in [0.15, 0.2) is 0 Å². The fourth-order valence-electron chi connectivity index (χ4n) is 2.23. The molecule has 0 bridgehead atoms. The van der Waals surface area contributed by atoms with Crippen molar-refractivity contribution in [2.24, 2.45) is 0 Å². The first-order valence-electron chi connectivity index (χ1n) is 7.27. The average molecular weight is 272 g/mol. The molecule has 0 heterocycles. The van der Waals surface area contributed by atoms with E-state index in [1.54, 1.807) is 0 Å². The predicted molar refractivity (Wildman–Crippen MR) is 75.1 cm³/mol. The molecule has 3 N–H and O–H groups in total. The van der Waals surface area contributed by atoms with E-state index < -0.39 is 5.60 Å². The van der Waals surface area contributed by atoms with E-state index in [2.05, 4.69) is 10.6 Å². The lowest BCUT2D eigenvalue weighted by Gasteiger charge is -2.28. The largest absolute Gasteiger partial charge is 0.444 e. The smallest absolute Gasteiger partial charge is 0.407 e. The van der Waals surface area contributed by atoms with Gasteiger partial charge in [-0.25, -0.2) is 4.79 Å². The molecule has 0 saturated heterocycles. The fraction of sp³-hybridized carbons (Fsp3) is 0.929. The van der Waals surface area contributed by atoms with E-state index in [0.29, 0.717) is 6.54 Å². The summed E-state index contributed by atoms with van der Waals surface area (Å²) in [4.78, 5) is 11.4. The zero-order chi connectivity index (χ0) is 14.3. The first kappa shape index (κ1) is 16.2. The lowest BCUT2D eigenvalue weighted by atomic mass is 9.92. The van der Waals surface area contributed by atoms with Crippen molar-refractivity contribution in [3.05, 3.63) is 0 Å². The van der Waals surface area contributed by atoms with Gasteiger partial charge in [-0.3, -0.25) is 0 Å². The number of alkyl carbamates (subject to hydrolysis) is 1. The molecule has 1 aliphatic rings. The van der Waals surface area contributed by atoms with E-state index in [-0.39, 0.29) is 18.2 Å². The van der Waals surface area contributed by atoms with Crippen LogP contribution in [0.1, 0.15) is 52.9 Å². The van der Waals surface area contributed by atoms with E-state index in [0.717, 1.165) is 32.2 Å². The molecule has 0 aromatic heterocycles. The molecule has 0 radical (unpaired) electrons. The van der Waals surface area contributed by atoms with Crippen molar-refractivity contribution in [1.29, 1.82) is 0 Å². The lowest BCUT2D eigenvalue weighted by Crippen LogP contribution is -2.43. The molecule has 1 fully saturated rings. The number of nitrogens with one attached hydrogen (secondary N) is 2. The summed E-state index contributed by atoms with van der Waals surface area (Å²) in [6, 6.07) is 0.218. The van der Waals surface area contributed by atoms with Gasteiger partial charge in [-0.05, 0) is 46.6 Å². The van der Waals surface area contributed by atoms with Crippen molar-refractivity contribution in [2.45, 2.75) is 70.6 Å². The maximum Gasteiger partial charge on any atom is 0.407 e. The van der Waals surface area contributed by atoms with Crippen molar-refractivity contribution in [3.8, 4) is 0 Å². The van der Waals surface area contributed by atoms with E-state index in [9.17, 15) is 9.90 Å². The molecule has 0 spiro atoms. The molecule has 5 heteroatoms. The highest BCUT2D eigenvalue weighted by Gasteiger charge is 2.21. The summed E-state index contributed by atoms with van der Waals surface area (Å²) in [6.45, 7) is 6.93. The summed E-state index contributed by atoms with van der Waals surface area (Å²) in [5.41, 5.74) is -0.450. The Morgan fingerprint density at radius 2 is 1.95 bits per heavy atom. The number of hydrogen-bond acceptors (Lipinski definition) is 4. The Morgan fingerprint density at radius 3 is 2.58 bits per heavy atom. The van der Waals surface area contributed by atoms with Gasteiger partial charge in [0, 0.05) is 12.6 Å².